The molecule has 0 bridgehead atoms. The molecule has 2 N–H and O–H groups in total. The van der Waals surface area contributed by atoms with Gasteiger partial charge in [-0.15, -0.1) is 0 Å². The first-order chi connectivity index (χ1) is 11.6. The molecule has 0 radical (unpaired) electrons. The van der Waals surface area contributed by atoms with Gasteiger partial charge in [0, 0.05) is 11.1 Å². The van der Waals surface area contributed by atoms with Crippen LogP contribution in [0.2, 0.25) is 0 Å². The van der Waals surface area contributed by atoms with E-state index >= 15 is 0 Å². The van der Waals surface area contributed by atoms with Crippen LogP contribution in [0.1, 0.15) is 12.8 Å². The number of nitrogens with one attached hydrogen (secondary N) is 1. The number of hydrogen-bond acceptors (Lipinski definition) is 4. The van der Waals surface area contributed by atoms with Crippen LogP contribution in [0.25, 0.3) is 22.6 Å². The zero-order valence-electron chi connectivity index (χ0n) is 13.3. The van der Waals surface area contributed by atoms with Crippen LogP contribution in [-0.2, 0) is 11.3 Å². The average Bonchev–Trinajstić information content (AvgIpc) is 3.05. The van der Waals surface area contributed by atoms with E-state index < -0.39 is 12.0 Å². The number of oxazole rings is 1. The molecule has 0 saturated heterocycles. The molecule has 122 valence electrons. The number of carbonyl (C=O) groups is 1. The Hall–Kier alpha value is -2.92. The molecule has 24 heavy (non-hydrogen) atoms. The predicted molar refractivity (Wildman–Crippen MR) is 91.3 cm³/mol. The van der Waals surface area contributed by atoms with Crippen molar-refractivity contribution >= 4 is 5.97 Å². The number of benzene rings is 2. The average molecular weight is 322 g/mol. The third kappa shape index (κ3) is 3.52. The number of carboxylic acids is 1. The van der Waals surface area contributed by atoms with Gasteiger partial charge < -0.3 is 9.52 Å². The lowest BCUT2D eigenvalue weighted by Gasteiger charge is -2.05. The van der Waals surface area contributed by atoms with Gasteiger partial charge in [0.25, 0.3) is 0 Å². The Kier molecular flexibility index (Phi) is 4.72. The molecular formula is C19H18N2O3. The lowest BCUT2D eigenvalue weighted by molar-refractivity contribution is -0.139. The summed E-state index contributed by atoms with van der Waals surface area (Å²) in [5, 5.41) is 11.8. The lowest BCUT2D eigenvalue weighted by Crippen LogP contribution is -2.33. The molecule has 0 saturated carbocycles. The minimum atomic E-state index is -0.909. The van der Waals surface area contributed by atoms with Crippen LogP contribution in [-0.4, -0.2) is 22.1 Å². The SMILES string of the molecule is CC(NCc1nc(-c2ccccc2)c(-c2ccccc2)o1)C(=O)O. The van der Waals surface area contributed by atoms with Gasteiger partial charge in [-0.1, -0.05) is 60.7 Å². The number of aliphatic carboxylic acids is 1. The van der Waals surface area contributed by atoms with Crippen LogP contribution < -0.4 is 5.32 Å². The van der Waals surface area contributed by atoms with E-state index in [0.29, 0.717) is 11.7 Å². The highest BCUT2D eigenvalue weighted by molar-refractivity contribution is 5.76. The van der Waals surface area contributed by atoms with Gasteiger partial charge >= 0.3 is 5.97 Å². The minimum Gasteiger partial charge on any atom is -0.480 e. The summed E-state index contributed by atoms with van der Waals surface area (Å²) >= 11 is 0. The summed E-state index contributed by atoms with van der Waals surface area (Å²) < 4.78 is 5.92. The number of rotatable bonds is 6. The smallest absolute Gasteiger partial charge is 0.320 e. The standard InChI is InChI=1S/C19H18N2O3/c1-13(19(22)23)20-12-16-21-17(14-8-4-2-5-9-14)18(24-16)15-10-6-3-7-11-15/h2-11,13,20H,12H2,1H3,(H,22,23). The van der Waals surface area contributed by atoms with Crippen LogP contribution in [0.5, 0.6) is 0 Å². The van der Waals surface area contributed by atoms with E-state index in [2.05, 4.69) is 10.3 Å². The van der Waals surface area contributed by atoms with E-state index in [1.165, 1.54) is 0 Å². The van der Waals surface area contributed by atoms with E-state index in [1.807, 2.05) is 60.7 Å². The molecule has 0 amide bonds. The fraction of sp³-hybridized carbons (Fsp3) is 0.158. The maximum absolute atomic E-state index is 10.9. The van der Waals surface area contributed by atoms with Crippen molar-refractivity contribution in [2.75, 3.05) is 0 Å². The van der Waals surface area contributed by atoms with Crippen molar-refractivity contribution < 1.29 is 14.3 Å². The fourth-order valence-corrected chi connectivity index (χ4v) is 2.34. The second-order valence-electron chi connectivity index (χ2n) is 5.46. The number of hydrogen-bond donors (Lipinski definition) is 2. The van der Waals surface area contributed by atoms with Crippen molar-refractivity contribution in [3.05, 3.63) is 66.6 Å². The first-order valence-electron chi connectivity index (χ1n) is 7.72. The molecule has 3 aromatic rings. The van der Waals surface area contributed by atoms with Gasteiger partial charge in [0.1, 0.15) is 11.7 Å². The van der Waals surface area contributed by atoms with Crippen molar-refractivity contribution in [1.82, 2.24) is 10.3 Å². The zero-order chi connectivity index (χ0) is 16.9. The van der Waals surface area contributed by atoms with E-state index in [4.69, 9.17) is 9.52 Å². The first-order valence-corrected chi connectivity index (χ1v) is 7.72. The van der Waals surface area contributed by atoms with Crippen molar-refractivity contribution in [3.63, 3.8) is 0 Å². The van der Waals surface area contributed by atoms with Crippen LogP contribution in [0, 0.1) is 0 Å². The fourth-order valence-electron chi connectivity index (χ4n) is 2.34. The molecule has 1 unspecified atom stereocenters. The minimum absolute atomic E-state index is 0.250. The van der Waals surface area contributed by atoms with Crippen molar-refractivity contribution in [2.45, 2.75) is 19.5 Å². The molecule has 0 aliphatic heterocycles. The molecule has 5 nitrogen and oxygen atoms in total. The van der Waals surface area contributed by atoms with Gasteiger partial charge in [0.2, 0.25) is 5.89 Å². The second-order valence-corrected chi connectivity index (χ2v) is 5.46. The largest absolute Gasteiger partial charge is 0.480 e. The zero-order valence-corrected chi connectivity index (χ0v) is 13.3. The highest BCUT2D eigenvalue weighted by atomic mass is 16.4. The maximum Gasteiger partial charge on any atom is 0.320 e. The molecule has 3 rings (SSSR count). The second kappa shape index (κ2) is 7.10. The normalized spacial score (nSPS) is 12.0. The Labute approximate surface area is 140 Å². The Morgan fingerprint density at radius 1 is 1.08 bits per heavy atom. The molecular weight excluding hydrogens is 304 g/mol. The third-order valence-corrected chi connectivity index (χ3v) is 3.68. The quantitative estimate of drug-likeness (QED) is 0.725. The summed E-state index contributed by atoms with van der Waals surface area (Å²) in [5.41, 5.74) is 2.64. The number of carboxylic acid groups (broad SMARTS) is 1. The van der Waals surface area contributed by atoms with Crippen LogP contribution in [0.15, 0.2) is 65.1 Å². The summed E-state index contributed by atoms with van der Waals surface area (Å²) in [6.07, 6.45) is 0. The molecule has 0 aliphatic carbocycles. The van der Waals surface area contributed by atoms with Crippen LogP contribution >= 0.6 is 0 Å². The van der Waals surface area contributed by atoms with Gasteiger partial charge in [0.15, 0.2) is 5.76 Å². The van der Waals surface area contributed by atoms with Gasteiger partial charge in [0.05, 0.1) is 6.54 Å². The Bertz CT molecular complexity index is 756. The van der Waals surface area contributed by atoms with Crippen LogP contribution in [0.3, 0.4) is 0 Å². The summed E-state index contributed by atoms with van der Waals surface area (Å²) in [4.78, 5) is 15.5. The molecule has 5 heteroatoms. The van der Waals surface area contributed by atoms with E-state index in [-0.39, 0.29) is 6.54 Å². The van der Waals surface area contributed by atoms with Crippen molar-refractivity contribution in [2.24, 2.45) is 0 Å². The number of aromatic nitrogens is 1. The van der Waals surface area contributed by atoms with Crippen molar-refractivity contribution in [1.29, 1.82) is 0 Å². The first kappa shape index (κ1) is 16.0. The van der Waals surface area contributed by atoms with E-state index in [0.717, 1.165) is 16.8 Å². The maximum atomic E-state index is 10.9. The van der Waals surface area contributed by atoms with Crippen LogP contribution in [0.4, 0.5) is 0 Å². The molecule has 0 fully saturated rings. The molecule has 0 aliphatic rings. The van der Waals surface area contributed by atoms with Gasteiger partial charge in [-0.25, -0.2) is 4.98 Å². The van der Waals surface area contributed by atoms with Gasteiger partial charge in [-0.05, 0) is 6.92 Å². The summed E-state index contributed by atoms with van der Waals surface area (Å²) in [6, 6.07) is 18.9. The summed E-state index contributed by atoms with van der Waals surface area (Å²) in [5.74, 6) is 0.232. The summed E-state index contributed by atoms with van der Waals surface area (Å²) in [6.45, 7) is 1.83. The summed E-state index contributed by atoms with van der Waals surface area (Å²) in [7, 11) is 0. The molecule has 2 aromatic carbocycles. The predicted octanol–water partition coefficient (Wildman–Crippen LogP) is 3.57. The highest BCUT2D eigenvalue weighted by Gasteiger charge is 2.18. The number of nitrogens with zero attached hydrogens (tertiary/aromatic N) is 1. The molecule has 1 heterocycles. The molecule has 0 spiro atoms. The molecule has 1 atom stereocenters. The van der Waals surface area contributed by atoms with Gasteiger partial charge in [-0.3, -0.25) is 10.1 Å². The topological polar surface area (TPSA) is 75.4 Å². The lowest BCUT2D eigenvalue weighted by atomic mass is 10.1. The third-order valence-electron chi connectivity index (χ3n) is 3.68. The monoisotopic (exact) mass is 322 g/mol. The van der Waals surface area contributed by atoms with Gasteiger partial charge in [-0.2, -0.15) is 0 Å². The van der Waals surface area contributed by atoms with E-state index in [9.17, 15) is 4.79 Å². The molecule has 1 aromatic heterocycles. The Morgan fingerprint density at radius 2 is 1.67 bits per heavy atom. The van der Waals surface area contributed by atoms with Crippen molar-refractivity contribution in [3.8, 4) is 22.6 Å². The van der Waals surface area contributed by atoms with E-state index in [1.54, 1.807) is 6.92 Å². The Balaban J connectivity index is 1.96. The highest BCUT2D eigenvalue weighted by Crippen LogP contribution is 2.32. The Morgan fingerprint density at radius 3 is 2.25 bits per heavy atom.